The maximum atomic E-state index is 13.8. The number of ketones is 2. The molecular weight excluding hydrogens is 813 g/mol. The van der Waals surface area contributed by atoms with E-state index in [-0.39, 0.29) is 23.4 Å². The number of fused-ring (bicyclic) bond motifs is 2. The Morgan fingerprint density at radius 3 is 1.65 bits per heavy atom. The number of alkyl carbamates (subject to hydrolysis) is 2. The highest BCUT2D eigenvalue weighted by Gasteiger charge is 2.49. The Morgan fingerprint density at radius 1 is 0.651 bits per heavy atom. The number of methoxy groups -OCH3 is 2. The fourth-order valence-corrected chi connectivity index (χ4v) is 9.66. The number of carbonyl (C=O) groups is 8. The first kappa shape index (κ1) is 46.7. The predicted octanol–water partition coefficient (Wildman–Crippen LogP) is 4.92. The Morgan fingerprint density at radius 2 is 1.14 bits per heavy atom. The van der Waals surface area contributed by atoms with Crippen LogP contribution < -0.4 is 10.6 Å². The van der Waals surface area contributed by atoms with E-state index in [1.165, 1.54) is 24.0 Å². The minimum Gasteiger partial charge on any atom is -0.456 e. The van der Waals surface area contributed by atoms with Crippen LogP contribution in [-0.2, 0) is 63.8 Å². The van der Waals surface area contributed by atoms with E-state index in [0.717, 1.165) is 59.1 Å². The lowest BCUT2D eigenvalue weighted by Crippen LogP contribution is -2.58. The SMILES string of the molecule is COC(=O)N[C@H](C(=O)N1CCC[C@H]1C(=O)OCC(=O)c1ccc(-c2ccc(C(=O)COC(=O)[C@]3(C)CCCN3C(=O)[C@@H](NC(=O)OC)C(C)C)c3c2CCC3)c2c1CCC2)C(C)C. The molecule has 2 aliphatic heterocycles. The molecule has 2 aromatic rings. The second-order valence-electron chi connectivity index (χ2n) is 17.7. The molecule has 2 aliphatic carbocycles. The number of likely N-dealkylation sites (tertiary alicyclic amines) is 2. The molecule has 0 radical (unpaired) electrons. The number of rotatable bonds is 15. The van der Waals surface area contributed by atoms with Gasteiger partial charge in [-0.05, 0) is 116 Å². The van der Waals surface area contributed by atoms with Crippen LogP contribution in [0.25, 0.3) is 11.1 Å². The number of nitrogens with zero attached hydrogens (tertiary/aromatic N) is 2. The van der Waals surface area contributed by atoms with Gasteiger partial charge in [-0.15, -0.1) is 0 Å². The zero-order valence-electron chi connectivity index (χ0n) is 37.4. The van der Waals surface area contributed by atoms with Crippen LogP contribution in [0.1, 0.15) is 116 Å². The van der Waals surface area contributed by atoms with Gasteiger partial charge in [0.2, 0.25) is 23.4 Å². The molecule has 0 bridgehead atoms. The Balaban J connectivity index is 1.13. The van der Waals surface area contributed by atoms with Crippen molar-refractivity contribution in [1.29, 1.82) is 0 Å². The summed E-state index contributed by atoms with van der Waals surface area (Å²) in [5.41, 5.74) is 5.54. The van der Waals surface area contributed by atoms with E-state index in [0.29, 0.717) is 62.7 Å². The summed E-state index contributed by atoms with van der Waals surface area (Å²) in [7, 11) is 2.42. The highest BCUT2D eigenvalue weighted by atomic mass is 16.6. The van der Waals surface area contributed by atoms with Gasteiger partial charge >= 0.3 is 24.1 Å². The number of ether oxygens (including phenoxy) is 4. The first-order valence-electron chi connectivity index (χ1n) is 22.0. The second kappa shape index (κ2) is 19.7. The third-order valence-electron chi connectivity index (χ3n) is 13.1. The van der Waals surface area contributed by atoms with Crippen LogP contribution in [0.2, 0.25) is 0 Å². The standard InChI is InChI=1S/C47H60N4O12/c1-26(2)39(48-45(58)60-6)41(54)50-22-10-16-36(50)43(56)62-24-37(52)34-19-17-32(28-12-8-14-30(28)34)33-18-20-35(31-15-9-13-29(31)33)38(53)25-63-44(57)47(5)21-11-23-51(47)42(55)40(27(3)4)49-46(59)61-7/h17-20,26-27,36,39-40H,8-16,21-25H2,1-7H3,(H,48,58)(H,49,59)/t36-,39-,40-,47-/m0/s1. The van der Waals surface area contributed by atoms with Crippen LogP contribution in [0.5, 0.6) is 0 Å². The average Bonchev–Trinajstić information content (AvgIpc) is 4.11. The van der Waals surface area contributed by atoms with Gasteiger partial charge in [0.15, 0.2) is 13.2 Å². The van der Waals surface area contributed by atoms with Crippen molar-refractivity contribution in [2.24, 2.45) is 11.8 Å². The smallest absolute Gasteiger partial charge is 0.407 e. The number of nitrogens with one attached hydrogen (secondary N) is 2. The average molecular weight is 873 g/mol. The zero-order chi connectivity index (χ0) is 45.7. The Hall–Kier alpha value is -5.80. The third-order valence-corrected chi connectivity index (χ3v) is 13.1. The summed E-state index contributed by atoms with van der Waals surface area (Å²) in [5.74, 6) is -3.41. The molecule has 2 saturated heterocycles. The summed E-state index contributed by atoms with van der Waals surface area (Å²) in [4.78, 5) is 108. The molecule has 2 fully saturated rings. The monoisotopic (exact) mass is 872 g/mol. The predicted molar refractivity (Wildman–Crippen MR) is 229 cm³/mol. The van der Waals surface area contributed by atoms with Crippen molar-refractivity contribution in [1.82, 2.24) is 20.4 Å². The number of amides is 4. The van der Waals surface area contributed by atoms with Gasteiger partial charge in [-0.2, -0.15) is 0 Å². The molecule has 2 heterocycles. The molecule has 2 N–H and O–H groups in total. The van der Waals surface area contributed by atoms with Gasteiger partial charge < -0.3 is 39.4 Å². The summed E-state index contributed by atoms with van der Waals surface area (Å²) in [6, 6.07) is 4.73. The molecule has 63 heavy (non-hydrogen) atoms. The quantitative estimate of drug-likeness (QED) is 0.139. The van der Waals surface area contributed by atoms with E-state index < -0.39 is 72.8 Å². The zero-order valence-corrected chi connectivity index (χ0v) is 37.4. The molecule has 0 unspecified atom stereocenters. The largest absolute Gasteiger partial charge is 0.456 e. The first-order chi connectivity index (χ1) is 30.0. The number of hydrogen-bond acceptors (Lipinski definition) is 12. The molecule has 4 amide bonds. The van der Waals surface area contributed by atoms with Gasteiger partial charge in [-0.1, -0.05) is 52.0 Å². The van der Waals surface area contributed by atoms with Crippen molar-refractivity contribution < 1.29 is 57.3 Å². The highest BCUT2D eigenvalue weighted by molar-refractivity contribution is 6.03. The summed E-state index contributed by atoms with van der Waals surface area (Å²) in [6.07, 6.45) is 4.89. The van der Waals surface area contributed by atoms with Gasteiger partial charge in [-0.25, -0.2) is 19.2 Å². The van der Waals surface area contributed by atoms with Crippen LogP contribution in [0.3, 0.4) is 0 Å². The fraction of sp³-hybridized carbons (Fsp3) is 0.574. The molecule has 340 valence electrons. The van der Waals surface area contributed by atoms with E-state index in [9.17, 15) is 38.4 Å². The molecule has 4 atom stereocenters. The third kappa shape index (κ3) is 9.59. The van der Waals surface area contributed by atoms with Crippen molar-refractivity contribution >= 4 is 47.5 Å². The van der Waals surface area contributed by atoms with Crippen molar-refractivity contribution in [3.05, 3.63) is 57.6 Å². The summed E-state index contributed by atoms with van der Waals surface area (Å²) in [6.45, 7) is 8.42. The summed E-state index contributed by atoms with van der Waals surface area (Å²) < 4.78 is 20.6. The van der Waals surface area contributed by atoms with Crippen LogP contribution >= 0.6 is 0 Å². The lowest BCUT2D eigenvalue weighted by molar-refractivity contribution is -0.160. The van der Waals surface area contributed by atoms with Gasteiger partial charge in [0, 0.05) is 24.2 Å². The second-order valence-corrected chi connectivity index (χ2v) is 17.7. The Kier molecular flexibility index (Phi) is 14.6. The van der Waals surface area contributed by atoms with E-state index in [1.54, 1.807) is 46.8 Å². The maximum absolute atomic E-state index is 13.8. The van der Waals surface area contributed by atoms with Crippen LogP contribution in [0.4, 0.5) is 9.59 Å². The van der Waals surface area contributed by atoms with Crippen molar-refractivity contribution in [2.75, 3.05) is 40.5 Å². The highest BCUT2D eigenvalue weighted by Crippen LogP contribution is 2.41. The first-order valence-corrected chi connectivity index (χ1v) is 22.0. The van der Waals surface area contributed by atoms with E-state index in [2.05, 4.69) is 15.4 Å². The molecule has 16 heteroatoms. The molecule has 4 aliphatic rings. The number of Topliss-reactive ketones (excluding diaryl/α,β-unsaturated/α-hetero) is 2. The van der Waals surface area contributed by atoms with Crippen LogP contribution in [0.15, 0.2) is 24.3 Å². The normalized spacial score (nSPS) is 19.9. The Bertz CT molecular complexity index is 2170. The van der Waals surface area contributed by atoms with Gasteiger partial charge in [0.25, 0.3) is 0 Å². The minimum absolute atomic E-state index is 0.263. The van der Waals surface area contributed by atoms with Crippen molar-refractivity contribution in [2.45, 2.75) is 122 Å². The fourth-order valence-electron chi connectivity index (χ4n) is 9.66. The molecule has 2 aromatic carbocycles. The molecular formula is C47H60N4O12. The molecule has 0 aromatic heterocycles. The van der Waals surface area contributed by atoms with E-state index in [4.69, 9.17) is 14.2 Å². The van der Waals surface area contributed by atoms with Gasteiger partial charge in [0.1, 0.15) is 23.7 Å². The molecule has 6 rings (SSSR count). The molecule has 0 spiro atoms. The minimum atomic E-state index is -1.32. The molecule has 16 nitrogen and oxygen atoms in total. The van der Waals surface area contributed by atoms with Crippen molar-refractivity contribution in [3.63, 3.8) is 0 Å². The number of benzene rings is 2. The van der Waals surface area contributed by atoms with Crippen LogP contribution in [0, 0.1) is 11.8 Å². The van der Waals surface area contributed by atoms with E-state index in [1.807, 2.05) is 12.1 Å². The maximum Gasteiger partial charge on any atom is 0.407 e. The molecule has 0 saturated carbocycles. The topological polar surface area (TPSA) is 204 Å². The van der Waals surface area contributed by atoms with Crippen molar-refractivity contribution in [3.8, 4) is 11.1 Å². The van der Waals surface area contributed by atoms with Crippen LogP contribution in [-0.4, -0.2) is 121 Å². The summed E-state index contributed by atoms with van der Waals surface area (Å²) in [5, 5.41) is 5.13. The number of carbonyl (C=O) groups excluding carboxylic acids is 8. The van der Waals surface area contributed by atoms with E-state index >= 15 is 0 Å². The lowest BCUT2D eigenvalue weighted by atomic mass is 9.87. The van der Waals surface area contributed by atoms with Gasteiger partial charge in [0.05, 0.1) is 14.2 Å². The lowest BCUT2D eigenvalue weighted by Gasteiger charge is -2.36. The summed E-state index contributed by atoms with van der Waals surface area (Å²) >= 11 is 0. The number of esters is 2. The Labute approximate surface area is 368 Å². The number of hydrogen-bond donors (Lipinski definition) is 2. The van der Waals surface area contributed by atoms with Gasteiger partial charge in [-0.3, -0.25) is 19.2 Å².